The van der Waals surface area contributed by atoms with Gasteiger partial charge in [0, 0.05) is 5.69 Å². The Morgan fingerprint density at radius 1 is 1.15 bits per heavy atom. The van der Waals surface area contributed by atoms with Crippen molar-refractivity contribution < 1.29 is 13.2 Å². The normalized spacial score (nSPS) is 11.1. The Morgan fingerprint density at radius 3 is 2.35 bits per heavy atom. The number of sulfonamides is 1. The lowest BCUT2D eigenvalue weighted by Crippen LogP contribution is -2.33. The van der Waals surface area contributed by atoms with Crippen molar-refractivity contribution in [1.82, 2.24) is 4.72 Å². The van der Waals surface area contributed by atoms with Gasteiger partial charge in [-0.3, -0.25) is 0 Å². The number of urea groups is 1. The molecule has 1 aromatic heterocycles. The second-order valence-electron chi connectivity index (χ2n) is 3.98. The van der Waals surface area contributed by atoms with Crippen LogP contribution in [0.3, 0.4) is 0 Å². The van der Waals surface area contributed by atoms with Gasteiger partial charge in [-0.15, -0.1) is 11.3 Å². The summed E-state index contributed by atoms with van der Waals surface area (Å²) in [6.07, 6.45) is 0. The van der Waals surface area contributed by atoms with Gasteiger partial charge in [0.05, 0.1) is 4.34 Å². The minimum Gasteiger partial charge on any atom is -0.307 e. The maximum absolute atomic E-state index is 11.9. The van der Waals surface area contributed by atoms with Crippen molar-refractivity contribution in [3.05, 3.63) is 46.3 Å². The van der Waals surface area contributed by atoms with Gasteiger partial charge in [0.1, 0.15) is 4.21 Å². The number of rotatable bonds is 3. The molecule has 106 valence electrons. The van der Waals surface area contributed by atoms with Crippen LogP contribution in [0.2, 0.25) is 4.34 Å². The molecular formula is C12H11ClN2O3S2. The fourth-order valence-electron chi connectivity index (χ4n) is 1.41. The number of anilines is 1. The van der Waals surface area contributed by atoms with Crippen molar-refractivity contribution >= 4 is 44.7 Å². The van der Waals surface area contributed by atoms with Gasteiger partial charge in [-0.25, -0.2) is 17.9 Å². The summed E-state index contributed by atoms with van der Waals surface area (Å²) in [4.78, 5) is 11.7. The van der Waals surface area contributed by atoms with Crippen LogP contribution in [0.4, 0.5) is 10.5 Å². The maximum atomic E-state index is 11.9. The molecule has 8 heteroatoms. The highest BCUT2D eigenvalue weighted by atomic mass is 35.5. The number of halogens is 1. The Morgan fingerprint density at radius 2 is 1.80 bits per heavy atom. The molecule has 2 rings (SSSR count). The summed E-state index contributed by atoms with van der Waals surface area (Å²) in [6, 6.07) is 8.96. The highest BCUT2D eigenvalue weighted by Crippen LogP contribution is 2.25. The van der Waals surface area contributed by atoms with Gasteiger partial charge in [0.25, 0.3) is 10.0 Å². The Hall–Kier alpha value is -1.57. The molecular weight excluding hydrogens is 320 g/mol. The maximum Gasteiger partial charge on any atom is 0.333 e. The first kappa shape index (κ1) is 14.8. The monoisotopic (exact) mass is 330 g/mol. The quantitative estimate of drug-likeness (QED) is 0.907. The van der Waals surface area contributed by atoms with Crippen LogP contribution >= 0.6 is 22.9 Å². The molecule has 0 bridgehead atoms. The topological polar surface area (TPSA) is 75.3 Å². The summed E-state index contributed by atoms with van der Waals surface area (Å²) >= 11 is 6.55. The standard InChI is InChI=1S/C12H11ClN2O3S2/c1-8-2-4-9(5-3-8)14-12(16)15-20(17,18)11-7-6-10(13)19-11/h2-7H,1H3,(H2,14,15,16). The first-order valence-electron chi connectivity index (χ1n) is 5.52. The zero-order valence-corrected chi connectivity index (χ0v) is 12.8. The number of aryl methyl sites for hydroxylation is 1. The van der Waals surface area contributed by atoms with Gasteiger partial charge in [-0.05, 0) is 31.2 Å². The van der Waals surface area contributed by atoms with E-state index in [4.69, 9.17) is 11.6 Å². The van der Waals surface area contributed by atoms with E-state index in [-0.39, 0.29) is 4.21 Å². The first-order chi connectivity index (χ1) is 9.37. The molecule has 0 aliphatic rings. The summed E-state index contributed by atoms with van der Waals surface area (Å²) in [6.45, 7) is 1.91. The smallest absolute Gasteiger partial charge is 0.307 e. The first-order valence-corrected chi connectivity index (χ1v) is 8.20. The summed E-state index contributed by atoms with van der Waals surface area (Å²) in [5.74, 6) is 0. The lowest BCUT2D eigenvalue weighted by atomic mass is 10.2. The van der Waals surface area contributed by atoms with Crippen molar-refractivity contribution in [2.75, 3.05) is 5.32 Å². The van der Waals surface area contributed by atoms with Crippen molar-refractivity contribution in [2.45, 2.75) is 11.1 Å². The predicted molar refractivity (Wildman–Crippen MR) is 79.8 cm³/mol. The van der Waals surface area contributed by atoms with Crippen LogP contribution in [-0.4, -0.2) is 14.4 Å². The Kier molecular flexibility index (Phi) is 4.32. The molecule has 0 spiro atoms. The summed E-state index contributed by atoms with van der Waals surface area (Å²) in [5, 5.41) is 2.44. The van der Waals surface area contributed by atoms with E-state index < -0.39 is 16.1 Å². The minimum atomic E-state index is -3.89. The summed E-state index contributed by atoms with van der Waals surface area (Å²) in [7, 11) is -3.89. The second-order valence-corrected chi connectivity index (χ2v) is 7.61. The van der Waals surface area contributed by atoms with E-state index in [0.717, 1.165) is 16.9 Å². The molecule has 0 radical (unpaired) electrons. The van der Waals surface area contributed by atoms with E-state index in [1.807, 2.05) is 23.8 Å². The number of amides is 2. The second kappa shape index (κ2) is 5.82. The van der Waals surface area contributed by atoms with Gasteiger partial charge in [-0.2, -0.15) is 0 Å². The zero-order valence-electron chi connectivity index (χ0n) is 10.4. The molecule has 20 heavy (non-hydrogen) atoms. The summed E-state index contributed by atoms with van der Waals surface area (Å²) < 4.78 is 26.0. The number of hydrogen-bond acceptors (Lipinski definition) is 4. The number of carbonyl (C=O) groups is 1. The zero-order chi connectivity index (χ0) is 14.8. The number of thiophene rings is 1. The number of carbonyl (C=O) groups excluding carboxylic acids is 1. The number of hydrogen-bond donors (Lipinski definition) is 2. The van der Waals surface area contributed by atoms with E-state index in [0.29, 0.717) is 10.0 Å². The molecule has 0 aliphatic carbocycles. The number of benzene rings is 1. The lowest BCUT2D eigenvalue weighted by molar-refractivity contribution is 0.256. The highest BCUT2D eigenvalue weighted by Gasteiger charge is 2.19. The highest BCUT2D eigenvalue weighted by molar-refractivity contribution is 7.92. The summed E-state index contributed by atoms with van der Waals surface area (Å²) in [5.41, 5.74) is 1.55. The molecule has 0 unspecified atom stereocenters. The van der Waals surface area contributed by atoms with Crippen LogP contribution in [0.5, 0.6) is 0 Å². The van der Waals surface area contributed by atoms with E-state index >= 15 is 0 Å². The SMILES string of the molecule is Cc1ccc(NC(=O)NS(=O)(=O)c2ccc(Cl)s2)cc1. The van der Waals surface area contributed by atoms with Crippen molar-refractivity contribution in [3.8, 4) is 0 Å². The molecule has 0 saturated carbocycles. The largest absolute Gasteiger partial charge is 0.333 e. The van der Waals surface area contributed by atoms with Gasteiger partial charge in [-0.1, -0.05) is 29.3 Å². The molecule has 2 N–H and O–H groups in total. The van der Waals surface area contributed by atoms with Gasteiger partial charge < -0.3 is 5.32 Å². The van der Waals surface area contributed by atoms with Crippen LogP contribution in [0.15, 0.2) is 40.6 Å². The lowest BCUT2D eigenvalue weighted by Gasteiger charge is -2.07. The van der Waals surface area contributed by atoms with Crippen molar-refractivity contribution in [3.63, 3.8) is 0 Å². The van der Waals surface area contributed by atoms with E-state index in [1.165, 1.54) is 12.1 Å². The van der Waals surface area contributed by atoms with Crippen molar-refractivity contribution in [2.24, 2.45) is 0 Å². The predicted octanol–water partition coefficient (Wildman–Crippen LogP) is 3.22. The van der Waals surface area contributed by atoms with Crippen LogP contribution < -0.4 is 10.0 Å². The minimum absolute atomic E-state index is 0.0124. The van der Waals surface area contributed by atoms with Crippen molar-refractivity contribution in [1.29, 1.82) is 0 Å². The van der Waals surface area contributed by atoms with Crippen LogP contribution in [0.1, 0.15) is 5.56 Å². The van der Waals surface area contributed by atoms with Gasteiger partial charge in [0.15, 0.2) is 0 Å². The Labute approximate surface area is 125 Å². The average Bonchev–Trinajstić information content (AvgIpc) is 2.79. The third kappa shape index (κ3) is 3.72. The molecule has 0 fully saturated rings. The third-order valence-electron chi connectivity index (χ3n) is 2.35. The van der Waals surface area contributed by atoms with Gasteiger partial charge in [0.2, 0.25) is 0 Å². The molecule has 0 saturated heterocycles. The van der Waals surface area contributed by atoms with Gasteiger partial charge >= 0.3 is 6.03 Å². The van der Waals surface area contributed by atoms with Crippen LogP contribution in [0.25, 0.3) is 0 Å². The van der Waals surface area contributed by atoms with Crippen LogP contribution in [0, 0.1) is 6.92 Å². The fraction of sp³-hybridized carbons (Fsp3) is 0.0833. The average molecular weight is 331 g/mol. The molecule has 0 aliphatic heterocycles. The van der Waals surface area contributed by atoms with E-state index in [9.17, 15) is 13.2 Å². The Balaban J connectivity index is 2.06. The van der Waals surface area contributed by atoms with E-state index in [2.05, 4.69) is 5.32 Å². The molecule has 0 atom stereocenters. The van der Waals surface area contributed by atoms with Crippen LogP contribution in [-0.2, 0) is 10.0 Å². The molecule has 1 aromatic carbocycles. The molecule has 2 amide bonds. The third-order valence-corrected chi connectivity index (χ3v) is 5.40. The number of nitrogens with one attached hydrogen (secondary N) is 2. The molecule has 1 heterocycles. The fourth-order valence-corrected chi connectivity index (χ4v) is 3.80. The van der Waals surface area contributed by atoms with E-state index in [1.54, 1.807) is 12.1 Å². The molecule has 2 aromatic rings. The Bertz CT molecular complexity index is 723. The molecule has 5 nitrogen and oxygen atoms in total.